The van der Waals surface area contributed by atoms with Gasteiger partial charge in [-0.3, -0.25) is 14.5 Å². The summed E-state index contributed by atoms with van der Waals surface area (Å²) < 4.78 is 0. The van der Waals surface area contributed by atoms with Crippen molar-refractivity contribution in [1.82, 2.24) is 36.8 Å². The van der Waals surface area contributed by atoms with Gasteiger partial charge in [0, 0.05) is 57.4 Å². The number of fused-ring (bicyclic) bond motifs is 5. The summed E-state index contributed by atoms with van der Waals surface area (Å²) in [5.74, 6) is -0.993. The number of benzene rings is 2. The molecular weight excluding hydrogens is 604 g/mol. The molecule has 7 rings (SSSR count). The van der Waals surface area contributed by atoms with Crippen molar-refractivity contribution in [1.29, 1.82) is 0 Å². The number of carbonyl (C=O) groups is 2. The summed E-state index contributed by atoms with van der Waals surface area (Å²) in [6.07, 6.45) is 4.02. The van der Waals surface area contributed by atoms with Crippen LogP contribution in [0.3, 0.4) is 0 Å². The van der Waals surface area contributed by atoms with Crippen molar-refractivity contribution in [2.75, 3.05) is 58.9 Å². The summed E-state index contributed by atoms with van der Waals surface area (Å²) >= 11 is 0. The van der Waals surface area contributed by atoms with Gasteiger partial charge in [0.1, 0.15) is 11.4 Å². The molecular formula is C33H46N8O6. The predicted molar refractivity (Wildman–Crippen MR) is 176 cm³/mol. The van der Waals surface area contributed by atoms with E-state index in [9.17, 15) is 29.8 Å². The molecule has 14 heteroatoms. The Morgan fingerprint density at radius 2 is 1.36 bits per heavy atom. The van der Waals surface area contributed by atoms with E-state index in [4.69, 9.17) is 0 Å². The number of nitrogens with zero attached hydrogens (tertiary/aromatic N) is 2. The van der Waals surface area contributed by atoms with E-state index in [1.54, 1.807) is 12.1 Å². The first-order valence-electron chi connectivity index (χ1n) is 16.5. The van der Waals surface area contributed by atoms with E-state index in [0.29, 0.717) is 56.4 Å². The van der Waals surface area contributed by atoms with Crippen LogP contribution in [0.15, 0.2) is 41.6 Å². The number of nitrogens with one attached hydrogen (secondary N) is 6. The predicted octanol–water partition coefficient (Wildman–Crippen LogP) is 0.0791. The van der Waals surface area contributed by atoms with Crippen molar-refractivity contribution in [2.45, 2.75) is 61.2 Å². The standard InChI is InChI=1S/C33H46N8O6/c42-25-5-3-23(13-27(25)44)15-29(45)38-31-16-28-33(41(28)21-31)6-1-8-34-18-32(19-35-9-7-33,20-37-11-10-36-17-31)39-30(46)14-22-2-4-24(40-47)26(43)12-22/h2-5,12-13,28,34-37,42-44H,1,6-11,14-21H2,(H,38,45)(H,39,46)/t28?,31?,32?,33-,41?/m1/s1. The normalized spacial score (nSPS) is 30.9. The lowest BCUT2D eigenvalue weighted by Gasteiger charge is -2.36. The van der Waals surface area contributed by atoms with Gasteiger partial charge in [-0.25, -0.2) is 0 Å². The first kappa shape index (κ1) is 33.1. The second-order valence-corrected chi connectivity index (χ2v) is 13.8. The number of nitroso groups, excluding NO2 is 1. The van der Waals surface area contributed by atoms with Crippen LogP contribution in [0.5, 0.6) is 17.2 Å². The van der Waals surface area contributed by atoms with Crippen LogP contribution in [-0.2, 0) is 22.4 Å². The molecule has 5 bridgehead atoms. The van der Waals surface area contributed by atoms with Gasteiger partial charge in [-0.05, 0) is 79.3 Å². The van der Waals surface area contributed by atoms with E-state index in [0.717, 1.165) is 45.3 Å². The van der Waals surface area contributed by atoms with Gasteiger partial charge in [0.05, 0.1) is 23.9 Å². The van der Waals surface area contributed by atoms with Gasteiger partial charge in [-0.15, -0.1) is 4.91 Å². The Kier molecular flexibility index (Phi) is 9.67. The van der Waals surface area contributed by atoms with Crippen molar-refractivity contribution in [2.24, 2.45) is 5.18 Å². The first-order chi connectivity index (χ1) is 22.6. The molecule has 5 saturated heterocycles. The van der Waals surface area contributed by atoms with Gasteiger partial charge in [0.25, 0.3) is 0 Å². The minimum absolute atomic E-state index is 0.0530. The van der Waals surface area contributed by atoms with E-state index in [-0.39, 0.29) is 53.1 Å². The van der Waals surface area contributed by atoms with Gasteiger partial charge in [-0.2, -0.15) is 0 Å². The summed E-state index contributed by atoms with van der Waals surface area (Å²) in [6, 6.07) is 9.29. The third-order valence-electron chi connectivity index (χ3n) is 10.3. The van der Waals surface area contributed by atoms with Gasteiger partial charge in [0.15, 0.2) is 11.5 Å². The molecule has 2 aromatic rings. The second kappa shape index (κ2) is 13.7. The van der Waals surface area contributed by atoms with E-state index >= 15 is 0 Å². The van der Waals surface area contributed by atoms with E-state index < -0.39 is 11.1 Å². The van der Waals surface area contributed by atoms with Crippen LogP contribution >= 0.6 is 0 Å². The number of hydrogen-bond acceptors (Lipinski definition) is 12. The number of phenolic OH excluding ortho intramolecular Hbond substituents is 3. The highest BCUT2D eigenvalue weighted by atomic mass is 16.3. The fourth-order valence-corrected chi connectivity index (χ4v) is 7.96. The number of rotatable bonds is 7. The average Bonchev–Trinajstić information content (AvgIpc) is 3.39. The fraction of sp³-hybridized carbons (Fsp3) is 0.576. The molecule has 5 aliphatic heterocycles. The molecule has 0 aliphatic carbocycles. The molecule has 14 nitrogen and oxygen atoms in total. The Bertz CT molecular complexity index is 1480. The van der Waals surface area contributed by atoms with Gasteiger partial charge >= 0.3 is 0 Å². The molecule has 2 amide bonds. The highest BCUT2D eigenvalue weighted by molar-refractivity contribution is 5.80. The molecule has 1 spiro atoms. The Morgan fingerprint density at radius 3 is 1.98 bits per heavy atom. The van der Waals surface area contributed by atoms with Crippen molar-refractivity contribution in [3.05, 3.63) is 52.4 Å². The largest absolute Gasteiger partial charge is 0.506 e. The summed E-state index contributed by atoms with van der Waals surface area (Å²) in [5.41, 5.74) is 0.218. The molecule has 5 heterocycles. The van der Waals surface area contributed by atoms with E-state index in [1.165, 1.54) is 24.3 Å². The minimum atomic E-state index is -0.607. The molecule has 5 atom stereocenters. The summed E-state index contributed by atoms with van der Waals surface area (Å²) in [4.78, 5) is 40.0. The third kappa shape index (κ3) is 7.36. The molecule has 254 valence electrons. The van der Waals surface area contributed by atoms with Crippen molar-refractivity contribution < 1.29 is 24.9 Å². The Morgan fingerprint density at radius 1 is 0.766 bits per heavy atom. The van der Waals surface area contributed by atoms with Gasteiger partial charge in [-0.1, -0.05) is 12.1 Å². The van der Waals surface area contributed by atoms with Crippen molar-refractivity contribution >= 4 is 17.5 Å². The van der Waals surface area contributed by atoms with Crippen LogP contribution < -0.4 is 31.9 Å². The number of amides is 2. The van der Waals surface area contributed by atoms with E-state index in [2.05, 4.69) is 42.0 Å². The Labute approximate surface area is 274 Å². The SMILES string of the molecule is O=Nc1ccc(CC(=O)NC23CNCCC[C@@]4(CCNC2)C2CC(NC(=O)Cc5ccc(O)c(O)c5)(CNCCNC3)CN24)cc1O. The minimum Gasteiger partial charge on any atom is -0.506 e. The lowest BCUT2D eigenvalue weighted by atomic mass is 9.84. The molecule has 9 N–H and O–H groups in total. The zero-order valence-corrected chi connectivity index (χ0v) is 26.6. The Hall–Kier alpha value is -3.82. The maximum Gasteiger partial charge on any atom is 0.224 e. The van der Waals surface area contributed by atoms with Crippen molar-refractivity contribution in [3.63, 3.8) is 0 Å². The lowest BCUT2D eigenvalue weighted by molar-refractivity contribution is -0.123. The van der Waals surface area contributed by atoms with Crippen LogP contribution in [0.2, 0.25) is 0 Å². The molecule has 0 aromatic heterocycles. The smallest absolute Gasteiger partial charge is 0.224 e. The summed E-state index contributed by atoms with van der Waals surface area (Å²) in [6.45, 7) is 5.99. The highest BCUT2D eigenvalue weighted by Gasteiger charge is 2.68. The van der Waals surface area contributed by atoms with Crippen LogP contribution in [0.1, 0.15) is 36.8 Å². The zero-order chi connectivity index (χ0) is 33.1. The molecule has 5 fully saturated rings. The number of piperidine rings is 1. The van der Waals surface area contributed by atoms with E-state index in [1.807, 2.05) is 0 Å². The zero-order valence-electron chi connectivity index (χ0n) is 26.6. The second-order valence-electron chi connectivity index (χ2n) is 13.8. The maximum absolute atomic E-state index is 13.4. The van der Waals surface area contributed by atoms with Gasteiger partial charge in [0.2, 0.25) is 11.8 Å². The topological polar surface area (TPSA) is 199 Å². The van der Waals surface area contributed by atoms with Crippen LogP contribution in [0.25, 0.3) is 0 Å². The van der Waals surface area contributed by atoms with Crippen LogP contribution in [-0.4, -0.2) is 114 Å². The quantitative estimate of drug-likeness (QED) is 0.112. The lowest BCUT2D eigenvalue weighted by Crippen LogP contribution is -2.65. The number of hydrogen-bond donors (Lipinski definition) is 9. The fourth-order valence-electron chi connectivity index (χ4n) is 7.96. The number of aromatic hydroxyl groups is 3. The average molecular weight is 651 g/mol. The molecule has 0 radical (unpaired) electrons. The molecule has 2 aromatic carbocycles. The summed E-state index contributed by atoms with van der Waals surface area (Å²) in [5, 5.41) is 53.4. The van der Waals surface area contributed by atoms with Crippen molar-refractivity contribution in [3.8, 4) is 17.2 Å². The number of carbonyl (C=O) groups excluding carboxylic acids is 2. The molecule has 4 unspecified atom stereocenters. The Balaban J connectivity index is 1.14. The molecule has 0 saturated carbocycles. The number of phenols is 3. The van der Waals surface area contributed by atoms with Crippen LogP contribution in [0.4, 0.5) is 5.69 Å². The monoisotopic (exact) mass is 650 g/mol. The highest BCUT2D eigenvalue weighted by Crippen LogP contribution is 2.56. The summed E-state index contributed by atoms with van der Waals surface area (Å²) in [7, 11) is 0. The third-order valence-corrected chi connectivity index (χ3v) is 10.3. The van der Waals surface area contributed by atoms with Gasteiger partial charge < -0.3 is 47.2 Å². The first-order valence-corrected chi connectivity index (χ1v) is 16.5. The molecule has 5 aliphatic rings. The molecule has 47 heavy (non-hydrogen) atoms. The van der Waals surface area contributed by atoms with Crippen LogP contribution in [0, 0.1) is 4.91 Å². The maximum atomic E-state index is 13.4.